The summed E-state index contributed by atoms with van der Waals surface area (Å²) in [5, 5.41) is 4.22. The molecule has 3 nitrogen and oxygen atoms in total. The number of hydrogen-bond donors (Lipinski definition) is 1. The monoisotopic (exact) mass is 207 g/mol. The molecule has 1 saturated carbocycles. The van der Waals surface area contributed by atoms with Crippen LogP contribution >= 0.6 is 0 Å². The zero-order valence-electron chi connectivity index (χ0n) is 9.95. The molecule has 0 saturated heterocycles. The molecule has 1 fully saturated rings. The lowest BCUT2D eigenvalue weighted by molar-refractivity contribution is 0.151. The molecule has 84 valence electrons. The summed E-state index contributed by atoms with van der Waals surface area (Å²) < 4.78 is 1.84. The molecule has 1 heterocycles. The van der Waals surface area contributed by atoms with Crippen LogP contribution < -0.4 is 5.73 Å². The summed E-state index contributed by atoms with van der Waals surface area (Å²) in [7, 11) is 1.95. The molecule has 0 radical (unpaired) electrons. The van der Waals surface area contributed by atoms with Crippen LogP contribution in [-0.2, 0) is 12.6 Å². The van der Waals surface area contributed by atoms with Crippen LogP contribution in [0.3, 0.4) is 0 Å². The molecule has 0 bridgehead atoms. The Hall–Kier alpha value is -0.830. The molecule has 2 N–H and O–H groups in total. The van der Waals surface area contributed by atoms with E-state index in [0.29, 0.717) is 5.41 Å². The van der Waals surface area contributed by atoms with Crippen LogP contribution in [0.4, 0.5) is 0 Å². The van der Waals surface area contributed by atoms with Crippen molar-refractivity contribution in [1.29, 1.82) is 0 Å². The fourth-order valence-corrected chi connectivity index (χ4v) is 2.84. The van der Waals surface area contributed by atoms with Gasteiger partial charge in [-0.25, -0.2) is 0 Å². The number of hydrogen-bond acceptors (Lipinski definition) is 2. The Morgan fingerprint density at radius 2 is 2.13 bits per heavy atom. The number of nitrogens with two attached hydrogens (primary N) is 1. The van der Waals surface area contributed by atoms with E-state index in [2.05, 4.69) is 25.1 Å². The first-order valence-corrected chi connectivity index (χ1v) is 5.69. The van der Waals surface area contributed by atoms with Crippen LogP contribution in [0.25, 0.3) is 0 Å². The Morgan fingerprint density at radius 1 is 1.40 bits per heavy atom. The minimum absolute atomic E-state index is 0.157. The second kappa shape index (κ2) is 3.34. The Kier molecular flexibility index (Phi) is 2.38. The maximum Gasteiger partial charge on any atom is 0.0540 e. The van der Waals surface area contributed by atoms with Gasteiger partial charge in [-0.05, 0) is 24.7 Å². The average molecular weight is 207 g/mol. The number of aromatic nitrogens is 2. The fourth-order valence-electron chi connectivity index (χ4n) is 2.84. The van der Waals surface area contributed by atoms with Gasteiger partial charge in [-0.1, -0.05) is 20.3 Å². The topological polar surface area (TPSA) is 43.8 Å². The molecule has 1 aliphatic carbocycles. The minimum Gasteiger partial charge on any atom is -0.321 e. The van der Waals surface area contributed by atoms with Crippen molar-refractivity contribution < 1.29 is 0 Å². The van der Waals surface area contributed by atoms with Gasteiger partial charge in [0.15, 0.2) is 0 Å². The van der Waals surface area contributed by atoms with Gasteiger partial charge in [0.05, 0.1) is 6.20 Å². The van der Waals surface area contributed by atoms with Gasteiger partial charge < -0.3 is 5.73 Å². The second-order valence-corrected chi connectivity index (χ2v) is 5.75. The molecule has 3 heteroatoms. The van der Waals surface area contributed by atoms with E-state index < -0.39 is 0 Å². The van der Waals surface area contributed by atoms with E-state index in [4.69, 9.17) is 5.73 Å². The van der Waals surface area contributed by atoms with Crippen molar-refractivity contribution >= 4 is 0 Å². The van der Waals surface area contributed by atoms with E-state index in [1.54, 1.807) is 0 Å². The molecule has 15 heavy (non-hydrogen) atoms. The third-order valence-electron chi connectivity index (χ3n) is 3.55. The van der Waals surface area contributed by atoms with E-state index in [1.807, 2.05) is 17.9 Å². The Bertz CT molecular complexity index is 354. The lowest BCUT2D eigenvalue weighted by Gasteiger charge is -2.42. The van der Waals surface area contributed by atoms with Crippen molar-refractivity contribution in [3.05, 3.63) is 18.0 Å². The highest BCUT2D eigenvalue weighted by Gasteiger charge is 2.38. The van der Waals surface area contributed by atoms with Crippen molar-refractivity contribution in [2.75, 3.05) is 0 Å². The maximum atomic E-state index is 6.52. The van der Waals surface area contributed by atoms with Crippen molar-refractivity contribution in [3.63, 3.8) is 0 Å². The normalized spacial score (nSPS) is 30.4. The van der Waals surface area contributed by atoms with Gasteiger partial charge in [-0.3, -0.25) is 4.68 Å². The van der Waals surface area contributed by atoms with Gasteiger partial charge in [0.2, 0.25) is 0 Å². The first-order valence-electron chi connectivity index (χ1n) is 5.69. The third-order valence-corrected chi connectivity index (χ3v) is 3.55. The minimum atomic E-state index is -0.157. The van der Waals surface area contributed by atoms with Gasteiger partial charge in [-0.2, -0.15) is 5.10 Å². The Balaban J connectivity index is 2.26. The summed E-state index contributed by atoms with van der Waals surface area (Å²) in [6, 6.07) is 0. The highest BCUT2D eigenvalue weighted by molar-refractivity contribution is 5.19. The van der Waals surface area contributed by atoms with E-state index in [1.165, 1.54) is 18.4 Å². The van der Waals surface area contributed by atoms with E-state index >= 15 is 0 Å². The number of rotatable bonds is 1. The number of aryl methyl sites for hydroxylation is 1. The van der Waals surface area contributed by atoms with Crippen LogP contribution in [-0.4, -0.2) is 9.78 Å². The standard InChI is InChI=1S/C12H21N3/c1-11(2)5-4-6-12(13,9-11)10-7-14-15(3)8-10/h7-8H,4-6,9,13H2,1-3H3. The highest BCUT2D eigenvalue weighted by atomic mass is 15.2. The summed E-state index contributed by atoms with van der Waals surface area (Å²) in [6.45, 7) is 4.62. The predicted molar refractivity (Wildman–Crippen MR) is 61.3 cm³/mol. The first kappa shape index (κ1) is 10.7. The molecule has 1 aliphatic rings. The first-order chi connectivity index (χ1) is 6.91. The highest BCUT2D eigenvalue weighted by Crippen LogP contribution is 2.44. The molecular formula is C12H21N3. The molecular weight excluding hydrogens is 186 g/mol. The number of nitrogens with zero attached hydrogens (tertiary/aromatic N) is 2. The zero-order chi connectivity index (χ0) is 11.1. The van der Waals surface area contributed by atoms with E-state index in [0.717, 1.165) is 12.8 Å². The summed E-state index contributed by atoms with van der Waals surface area (Å²) in [6.07, 6.45) is 8.63. The van der Waals surface area contributed by atoms with Crippen molar-refractivity contribution in [2.45, 2.75) is 45.1 Å². The quantitative estimate of drug-likeness (QED) is 0.767. The molecule has 0 aromatic carbocycles. The largest absolute Gasteiger partial charge is 0.321 e. The second-order valence-electron chi connectivity index (χ2n) is 5.75. The molecule has 1 atom stereocenters. The SMILES string of the molecule is Cn1cc(C2(N)CCCC(C)(C)C2)cn1. The third kappa shape index (κ3) is 2.07. The Labute approximate surface area is 91.7 Å². The van der Waals surface area contributed by atoms with Gasteiger partial charge >= 0.3 is 0 Å². The average Bonchev–Trinajstić information content (AvgIpc) is 2.49. The molecule has 1 aromatic rings. The molecule has 1 unspecified atom stereocenters. The van der Waals surface area contributed by atoms with Gasteiger partial charge in [0.25, 0.3) is 0 Å². The molecule has 0 aliphatic heterocycles. The summed E-state index contributed by atoms with van der Waals surface area (Å²) in [4.78, 5) is 0. The summed E-state index contributed by atoms with van der Waals surface area (Å²) in [5.41, 5.74) is 7.92. The Morgan fingerprint density at radius 3 is 2.67 bits per heavy atom. The summed E-state index contributed by atoms with van der Waals surface area (Å²) in [5.74, 6) is 0. The molecule has 0 amide bonds. The van der Waals surface area contributed by atoms with E-state index in [-0.39, 0.29) is 5.54 Å². The van der Waals surface area contributed by atoms with Crippen LogP contribution in [0.15, 0.2) is 12.4 Å². The van der Waals surface area contributed by atoms with E-state index in [9.17, 15) is 0 Å². The fraction of sp³-hybridized carbons (Fsp3) is 0.750. The van der Waals surface area contributed by atoms with Crippen LogP contribution in [0.5, 0.6) is 0 Å². The predicted octanol–water partition coefficient (Wildman–Crippen LogP) is 2.17. The zero-order valence-corrected chi connectivity index (χ0v) is 9.95. The van der Waals surface area contributed by atoms with Crippen molar-refractivity contribution in [3.8, 4) is 0 Å². The van der Waals surface area contributed by atoms with Crippen molar-refractivity contribution in [1.82, 2.24) is 9.78 Å². The van der Waals surface area contributed by atoms with Gasteiger partial charge in [-0.15, -0.1) is 0 Å². The van der Waals surface area contributed by atoms with Crippen LogP contribution in [0.2, 0.25) is 0 Å². The lowest BCUT2D eigenvalue weighted by Crippen LogP contribution is -2.43. The molecule has 1 aromatic heterocycles. The van der Waals surface area contributed by atoms with Crippen LogP contribution in [0, 0.1) is 5.41 Å². The van der Waals surface area contributed by atoms with Gasteiger partial charge in [0, 0.05) is 24.3 Å². The molecule has 2 rings (SSSR count). The smallest absolute Gasteiger partial charge is 0.0540 e. The lowest BCUT2D eigenvalue weighted by atomic mass is 9.66. The van der Waals surface area contributed by atoms with Crippen molar-refractivity contribution in [2.24, 2.45) is 18.2 Å². The van der Waals surface area contributed by atoms with Crippen LogP contribution in [0.1, 0.15) is 45.1 Å². The molecule has 0 spiro atoms. The van der Waals surface area contributed by atoms with Gasteiger partial charge in [0.1, 0.15) is 0 Å². The summed E-state index contributed by atoms with van der Waals surface area (Å²) >= 11 is 0. The maximum absolute atomic E-state index is 6.52.